The summed E-state index contributed by atoms with van der Waals surface area (Å²) in [6, 6.07) is -3.71. The van der Waals surface area contributed by atoms with Gasteiger partial charge in [0.1, 0.15) is 23.9 Å². The molecule has 3 atom stereocenters. The number of nitrogens with one attached hydrogen (secondary N) is 4. The third-order valence-corrected chi connectivity index (χ3v) is 5.20. The number of Topliss-reactive ketones (excluding diaryl/α,β-unsaturated/α-hetero) is 2. The van der Waals surface area contributed by atoms with Crippen LogP contribution in [0.5, 0.6) is 0 Å². The number of carbonyl (C=O) groups is 7. The number of nitrogens with two attached hydrogens (primary N) is 2. The number of hydrogen-bond donors (Lipinski definition) is 6. The second-order valence-electron chi connectivity index (χ2n) is 9.45. The fourth-order valence-corrected chi connectivity index (χ4v) is 3.23. The minimum Gasteiger partial charge on any atom is -0.461 e. The van der Waals surface area contributed by atoms with Crippen molar-refractivity contribution in [2.24, 2.45) is 11.5 Å². The summed E-state index contributed by atoms with van der Waals surface area (Å²) >= 11 is 0. The number of hydrogen-bond acceptors (Lipinski definition) is 12. The minimum absolute atomic E-state index is 0.151. The van der Waals surface area contributed by atoms with Gasteiger partial charge in [-0.3, -0.25) is 24.0 Å². The lowest BCUT2D eigenvalue weighted by atomic mass is 10.0. The van der Waals surface area contributed by atoms with Crippen molar-refractivity contribution in [2.75, 3.05) is 13.1 Å². The molecule has 0 rings (SSSR count). The first-order valence-electron chi connectivity index (χ1n) is 14.0. The van der Waals surface area contributed by atoms with Gasteiger partial charge >= 0.3 is 11.9 Å². The molecule has 0 fully saturated rings. The maximum Gasteiger partial charge on any atom is 0.328 e. The van der Waals surface area contributed by atoms with Gasteiger partial charge in [0.05, 0.1) is 31.5 Å². The highest BCUT2D eigenvalue weighted by atomic mass is 16.5. The van der Waals surface area contributed by atoms with E-state index < -0.39 is 65.8 Å². The zero-order valence-electron chi connectivity index (χ0n) is 25.4. The third kappa shape index (κ3) is 18.6. The molecule has 0 aliphatic rings. The lowest BCUT2D eigenvalue weighted by Gasteiger charge is -2.23. The van der Waals surface area contributed by atoms with Crippen LogP contribution in [0.3, 0.4) is 0 Å². The van der Waals surface area contributed by atoms with Crippen molar-refractivity contribution in [1.29, 1.82) is 5.41 Å². The molecule has 0 aromatic heterocycles. The monoisotopic (exact) mass is 600 g/mol. The zero-order chi connectivity index (χ0) is 32.8. The van der Waals surface area contributed by atoms with Crippen LogP contribution < -0.4 is 27.4 Å². The molecule has 0 radical (unpaired) electrons. The molecule has 42 heavy (non-hydrogen) atoms. The van der Waals surface area contributed by atoms with Crippen LogP contribution >= 0.6 is 0 Å². The molecule has 0 heterocycles. The van der Waals surface area contributed by atoms with Crippen LogP contribution in [0, 0.1) is 5.41 Å². The molecular weight excluding hydrogens is 552 g/mol. The van der Waals surface area contributed by atoms with E-state index in [1.165, 1.54) is 0 Å². The predicted octanol–water partition coefficient (Wildman–Crippen LogP) is -0.584. The summed E-state index contributed by atoms with van der Waals surface area (Å²) in [5, 5.41) is 14.3. The lowest BCUT2D eigenvalue weighted by molar-refractivity contribution is -0.152. The molecule has 0 bridgehead atoms. The normalized spacial score (nSPS) is 12.5. The van der Waals surface area contributed by atoms with Crippen LogP contribution in [0.2, 0.25) is 0 Å². The second kappa shape index (κ2) is 22.9. The number of ketones is 2. The van der Waals surface area contributed by atoms with Crippen LogP contribution in [0.4, 0.5) is 0 Å². The molecule has 8 N–H and O–H groups in total. The van der Waals surface area contributed by atoms with Crippen LogP contribution in [0.15, 0.2) is 0 Å². The highest BCUT2D eigenvalue weighted by Crippen LogP contribution is 2.08. The molecule has 15 heteroatoms. The van der Waals surface area contributed by atoms with Crippen molar-refractivity contribution in [1.82, 2.24) is 16.0 Å². The van der Waals surface area contributed by atoms with E-state index in [0.29, 0.717) is 6.21 Å². The molecule has 240 valence electrons. The topological polar surface area (TPSA) is 250 Å². The maximum atomic E-state index is 13.1. The molecule has 15 nitrogen and oxygen atoms in total. The van der Waals surface area contributed by atoms with Gasteiger partial charge in [0.15, 0.2) is 5.78 Å². The molecule has 0 aromatic carbocycles. The van der Waals surface area contributed by atoms with Crippen molar-refractivity contribution in [3.63, 3.8) is 0 Å². The number of carbonyl (C=O) groups excluding carboxylic acids is 7. The number of esters is 2. The van der Waals surface area contributed by atoms with Gasteiger partial charge in [0.2, 0.25) is 17.7 Å². The molecular formula is C27H48N6O9. The van der Waals surface area contributed by atoms with E-state index in [2.05, 4.69) is 16.0 Å². The van der Waals surface area contributed by atoms with Crippen molar-refractivity contribution in [3.05, 3.63) is 0 Å². The van der Waals surface area contributed by atoms with E-state index in [9.17, 15) is 33.6 Å². The number of ether oxygens (including phenoxy) is 2. The van der Waals surface area contributed by atoms with Crippen molar-refractivity contribution < 1.29 is 43.0 Å². The maximum absolute atomic E-state index is 13.1. The van der Waals surface area contributed by atoms with Crippen LogP contribution in [-0.4, -0.2) is 90.9 Å². The highest BCUT2D eigenvalue weighted by molar-refractivity contribution is 6.26. The first kappa shape index (κ1) is 40.4. The first-order chi connectivity index (χ1) is 19.7. The Morgan fingerprint density at radius 1 is 0.667 bits per heavy atom. The van der Waals surface area contributed by atoms with Crippen LogP contribution in [-0.2, 0) is 43.0 Å². The Labute approximate surface area is 247 Å². The van der Waals surface area contributed by atoms with Gasteiger partial charge in [-0.15, -0.1) is 0 Å². The Kier molecular flexibility index (Phi) is 22.0. The molecule has 0 aliphatic heterocycles. The average Bonchev–Trinajstić information content (AvgIpc) is 2.94. The molecule has 0 aliphatic carbocycles. The molecule has 0 aromatic rings. The minimum atomic E-state index is -1.28. The van der Waals surface area contributed by atoms with Gasteiger partial charge in [-0.2, -0.15) is 0 Å². The number of rotatable bonds is 20. The predicted molar refractivity (Wildman–Crippen MR) is 154 cm³/mol. The molecule has 0 spiro atoms. The summed E-state index contributed by atoms with van der Waals surface area (Å²) in [4.78, 5) is 85.8. The summed E-state index contributed by atoms with van der Waals surface area (Å²) in [6.07, 6.45) is -1.57. The molecule has 0 saturated carbocycles. The molecule has 0 saturated heterocycles. The largest absolute Gasteiger partial charge is 0.461 e. The summed E-state index contributed by atoms with van der Waals surface area (Å²) in [5.41, 5.74) is 10.6. The lowest BCUT2D eigenvalue weighted by Crippen LogP contribution is -2.52. The molecule has 3 unspecified atom stereocenters. The van der Waals surface area contributed by atoms with Crippen molar-refractivity contribution in [3.8, 4) is 0 Å². The Bertz CT molecular complexity index is 924. The quantitative estimate of drug-likeness (QED) is 0.0761. The van der Waals surface area contributed by atoms with Crippen molar-refractivity contribution >= 4 is 47.4 Å². The van der Waals surface area contributed by atoms with E-state index in [4.69, 9.17) is 26.4 Å². The van der Waals surface area contributed by atoms with Crippen molar-refractivity contribution in [2.45, 2.75) is 110 Å². The van der Waals surface area contributed by atoms with Gasteiger partial charge < -0.3 is 42.3 Å². The average molecular weight is 601 g/mol. The smallest absolute Gasteiger partial charge is 0.328 e. The standard InChI is InChI=1S/C25H42N6O9.C2H6/c1-14(2)39-24(37)19(30-22(35)13-28)9-10-21(34)29-18(7-5-16(32)11-26)23(36)31-20(8-6-17(33)12-27)25(38)40-15(3)4;1-2/h12,14-15,18-20,27H,5-11,13,26,28H2,1-4H3,(H,29,34)(H,30,35)(H,31,36);1-2H3. The molecule has 3 amide bonds. The van der Waals surface area contributed by atoms with Gasteiger partial charge in [-0.05, 0) is 47.0 Å². The summed E-state index contributed by atoms with van der Waals surface area (Å²) in [6.45, 7) is 9.76. The van der Waals surface area contributed by atoms with Gasteiger partial charge in [-0.1, -0.05) is 13.8 Å². The first-order valence-corrected chi connectivity index (χ1v) is 14.0. The zero-order valence-corrected chi connectivity index (χ0v) is 25.4. The summed E-state index contributed by atoms with van der Waals surface area (Å²) in [7, 11) is 0. The van der Waals surface area contributed by atoms with Crippen LogP contribution in [0.25, 0.3) is 0 Å². The van der Waals surface area contributed by atoms with Gasteiger partial charge in [0, 0.05) is 19.3 Å². The summed E-state index contributed by atoms with van der Waals surface area (Å²) in [5.74, 6) is -4.67. The van der Waals surface area contributed by atoms with E-state index >= 15 is 0 Å². The summed E-state index contributed by atoms with van der Waals surface area (Å²) < 4.78 is 10.3. The van der Waals surface area contributed by atoms with E-state index in [-0.39, 0.29) is 57.4 Å². The SMILES string of the molecule is CC.CC(C)OC(=O)C(CCC(=O)NC(CCC(=O)CN)C(=O)NC(CCC(=O)C=N)C(=O)OC(C)C)NC(=O)CN. The Morgan fingerprint density at radius 2 is 1.12 bits per heavy atom. The second-order valence-corrected chi connectivity index (χ2v) is 9.45. The fourth-order valence-electron chi connectivity index (χ4n) is 3.23. The van der Waals surface area contributed by atoms with Gasteiger partial charge in [0.25, 0.3) is 0 Å². The van der Waals surface area contributed by atoms with E-state index in [1.807, 2.05) is 13.8 Å². The fraction of sp³-hybridized carbons (Fsp3) is 0.704. The van der Waals surface area contributed by atoms with Gasteiger partial charge in [-0.25, -0.2) is 9.59 Å². The Hall–Kier alpha value is -3.72. The Balaban J connectivity index is 0. The highest BCUT2D eigenvalue weighted by Gasteiger charge is 2.30. The number of amides is 3. The van der Waals surface area contributed by atoms with E-state index in [1.54, 1.807) is 27.7 Å². The van der Waals surface area contributed by atoms with Crippen LogP contribution in [0.1, 0.15) is 80.1 Å². The van der Waals surface area contributed by atoms with E-state index in [0.717, 1.165) is 0 Å². The third-order valence-electron chi connectivity index (χ3n) is 5.20. The Morgan fingerprint density at radius 3 is 1.57 bits per heavy atom.